The number of carbonyl (C=O) groups is 1. The summed E-state index contributed by atoms with van der Waals surface area (Å²) in [6.45, 7) is 4.59. The van der Waals surface area contributed by atoms with Crippen molar-refractivity contribution in [2.24, 2.45) is 0 Å². The lowest BCUT2D eigenvalue weighted by molar-refractivity contribution is -0.117. The van der Waals surface area contributed by atoms with Gasteiger partial charge >= 0.3 is 0 Å². The van der Waals surface area contributed by atoms with Gasteiger partial charge in [0.1, 0.15) is 5.78 Å². The summed E-state index contributed by atoms with van der Waals surface area (Å²) in [4.78, 5) is 13.2. The SMILES string of the molecule is CC(=O)CCCCN(C)C1CCOCC1. The first kappa shape index (κ1) is 12.7. The molecule has 0 aromatic rings. The molecule has 0 aliphatic carbocycles. The van der Waals surface area contributed by atoms with Crippen molar-refractivity contribution in [3.05, 3.63) is 0 Å². The Hall–Kier alpha value is -0.410. The lowest BCUT2D eigenvalue weighted by Gasteiger charge is -2.31. The normalized spacial score (nSPS) is 18.3. The molecule has 0 aromatic carbocycles. The van der Waals surface area contributed by atoms with Crippen molar-refractivity contribution in [1.29, 1.82) is 0 Å². The maximum Gasteiger partial charge on any atom is 0.129 e. The topological polar surface area (TPSA) is 29.5 Å². The minimum Gasteiger partial charge on any atom is -0.381 e. The molecule has 0 amide bonds. The molecular weight excluding hydrogens is 190 g/mol. The molecule has 1 aliphatic heterocycles. The van der Waals surface area contributed by atoms with Gasteiger partial charge in [-0.2, -0.15) is 0 Å². The molecule has 3 nitrogen and oxygen atoms in total. The van der Waals surface area contributed by atoms with E-state index in [1.54, 1.807) is 6.92 Å². The van der Waals surface area contributed by atoms with E-state index in [9.17, 15) is 4.79 Å². The number of nitrogens with zero attached hydrogens (tertiary/aromatic N) is 1. The molecule has 1 rings (SSSR count). The van der Waals surface area contributed by atoms with E-state index in [4.69, 9.17) is 4.74 Å². The third-order valence-electron chi connectivity index (χ3n) is 3.10. The van der Waals surface area contributed by atoms with Crippen LogP contribution in [0.3, 0.4) is 0 Å². The monoisotopic (exact) mass is 213 g/mol. The molecule has 0 radical (unpaired) electrons. The van der Waals surface area contributed by atoms with Crippen LogP contribution in [0.2, 0.25) is 0 Å². The first-order chi connectivity index (χ1) is 7.20. The van der Waals surface area contributed by atoms with E-state index >= 15 is 0 Å². The first-order valence-corrected chi connectivity index (χ1v) is 5.97. The number of hydrogen-bond donors (Lipinski definition) is 0. The molecule has 0 unspecified atom stereocenters. The Kier molecular flexibility index (Phi) is 5.88. The summed E-state index contributed by atoms with van der Waals surface area (Å²) in [7, 11) is 2.18. The summed E-state index contributed by atoms with van der Waals surface area (Å²) in [6.07, 6.45) is 5.21. The highest BCUT2D eigenvalue weighted by Crippen LogP contribution is 2.13. The maximum atomic E-state index is 10.8. The largest absolute Gasteiger partial charge is 0.381 e. The molecule has 1 heterocycles. The number of Topliss-reactive ketones (excluding diaryl/α,β-unsaturated/α-hetero) is 1. The van der Waals surface area contributed by atoms with Crippen LogP contribution in [0.1, 0.15) is 39.0 Å². The number of carbonyl (C=O) groups excluding carboxylic acids is 1. The first-order valence-electron chi connectivity index (χ1n) is 5.97. The smallest absolute Gasteiger partial charge is 0.129 e. The van der Waals surface area contributed by atoms with Gasteiger partial charge in [-0.15, -0.1) is 0 Å². The Bertz CT molecular complexity index is 188. The molecule has 1 fully saturated rings. The minimum atomic E-state index is 0.309. The van der Waals surface area contributed by atoms with E-state index < -0.39 is 0 Å². The van der Waals surface area contributed by atoms with Crippen molar-refractivity contribution < 1.29 is 9.53 Å². The fourth-order valence-corrected chi connectivity index (χ4v) is 2.04. The van der Waals surface area contributed by atoms with E-state index in [1.165, 1.54) is 0 Å². The van der Waals surface area contributed by atoms with Crippen molar-refractivity contribution >= 4 is 5.78 Å². The van der Waals surface area contributed by atoms with Gasteiger partial charge in [-0.05, 0) is 46.2 Å². The number of ketones is 1. The number of unbranched alkanes of at least 4 members (excludes halogenated alkanes) is 1. The summed E-state index contributed by atoms with van der Waals surface area (Å²) >= 11 is 0. The van der Waals surface area contributed by atoms with Crippen LogP contribution < -0.4 is 0 Å². The Morgan fingerprint density at radius 1 is 1.33 bits per heavy atom. The number of hydrogen-bond acceptors (Lipinski definition) is 3. The molecule has 88 valence electrons. The summed E-state index contributed by atoms with van der Waals surface area (Å²) < 4.78 is 5.34. The van der Waals surface area contributed by atoms with E-state index in [0.29, 0.717) is 11.8 Å². The van der Waals surface area contributed by atoms with Gasteiger partial charge in [-0.3, -0.25) is 0 Å². The van der Waals surface area contributed by atoms with Crippen LogP contribution in [0.5, 0.6) is 0 Å². The van der Waals surface area contributed by atoms with Crippen molar-refractivity contribution in [2.75, 3.05) is 26.8 Å². The molecular formula is C12H23NO2. The predicted molar refractivity (Wildman–Crippen MR) is 61.0 cm³/mol. The fraction of sp³-hybridized carbons (Fsp3) is 0.917. The predicted octanol–water partition coefficient (Wildman–Crippen LogP) is 1.86. The van der Waals surface area contributed by atoms with Crippen molar-refractivity contribution in [2.45, 2.75) is 45.1 Å². The highest BCUT2D eigenvalue weighted by Gasteiger charge is 2.17. The maximum absolute atomic E-state index is 10.8. The van der Waals surface area contributed by atoms with Gasteiger partial charge in [0.25, 0.3) is 0 Å². The molecule has 0 atom stereocenters. The van der Waals surface area contributed by atoms with Crippen molar-refractivity contribution in [3.63, 3.8) is 0 Å². The Balaban J connectivity index is 2.06. The summed E-state index contributed by atoms with van der Waals surface area (Å²) in [5.41, 5.74) is 0. The molecule has 0 N–H and O–H groups in total. The molecule has 1 saturated heterocycles. The second-order valence-corrected chi connectivity index (χ2v) is 4.48. The van der Waals surface area contributed by atoms with Crippen LogP contribution in [0, 0.1) is 0 Å². The Morgan fingerprint density at radius 3 is 2.60 bits per heavy atom. The van der Waals surface area contributed by atoms with E-state index in [2.05, 4.69) is 11.9 Å². The second kappa shape index (κ2) is 6.96. The van der Waals surface area contributed by atoms with Gasteiger partial charge in [0.05, 0.1) is 0 Å². The lowest BCUT2D eigenvalue weighted by atomic mass is 10.1. The average Bonchev–Trinajstić information content (AvgIpc) is 2.25. The second-order valence-electron chi connectivity index (χ2n) is 4.48. The van der Waals surface area contributed by atoms with Gasteiger partial charge in [-0.1, -0.05) is 0 Å². The van der Waals surface area contributed by atoms with Gasteiger partial charge in [-0.25, -0.2) is 0 Å². The summed E-state index contributed by atoms with van der Waals surface area (Å²) in [5, 5.41) is 0. The van der Waals surface area contributed by atoms with Crippen LogP contribution in [0.4, 0.5) is 0 Å². The molecule has 1 aliphatic rings. The molecule has 15 heavy (non-hydrogen) atoms. The van der Waals surface area contributed by atoms with Crippen LogP contribution in [0.25, 0.3) is 0 Å². The zero-order valence-electron chi connectivity index (χ0n) is 10.00. The van der Waals surface area contributed by atoms with Gasteiger partial charge in [0.15, 0.2) is 0 Å². The molecule has 0 spiro atoms. The third kappa shape index (κ3) is 5.28. The summed E-state index contributed by atoms with van der Waals surface area (Å²) in [6, 6.07) is 0.691. The lowest BCUT2D eigenvalue weighted by Crippen LogP contribution is -2.37. The molecule has 0 saturated carbocycles. The van der Waals surface area contributed by atoms with Gasteiger partial charge in [0, 0.05) is 25.7 Å². The van der Waals surface area contributed by atoms with E-state index in [0.717, 1.165) is 51.9 Å². The van der Waals surface area contributed by atoms with Crippen LogP contribution >= 0.6 is 0 Å². The van der Waals surface area contributed by atoms with Crippen molar-refractivity contribution in [1.82, 2.24) is 4.90 Å². The molecule has 0 bridgehead atoms. The number of ether oxygens (including phenoxy) is 1. The minimum absolute atomic E-state index is 0.309. The molecule has 0 aromatic heterocycles. The van der Waals surface area contributed by atoms with Crippen molar-refractivity contribution in [3.8, 4) is 0 Å². The van der Waals surface area contributed by atoms with Crippen LogP contribution in [0.15, 0.2) is 0 Å². The van der Waals surface area contributed by atoms with Crippen LogP contribution in [-0.2, 0) is 9.53 Å². The fourth-order valence-electron chi connectivity index (χ4n) is 2.04. The molecule has 3 heteroatoms. The highest BCUT2D eigenvalue weighted by molar-refractivity contribution is 5.75. The Labute approximate surface area is 92.8 Å². The zero-order valence-corrected chi connectivity index (χ0v) is 10.00. The van der Waals surface area contributed by atoms with E-state index in [-0.39, 0.29) is 0 Å². The van der Waals surface area contributed by atoms with Gasteiger partial charge < -0.3 is 14.4 Å². The van der Waals surface area contributed by atoms with E-state index in [1.807, 2.05) is 0 Å². The number of rotatable bonds is 6. The third-order valence-corrected chi connectivity index (χ3v) is 3.10. The Morgan fingerprint density at radius 2 is 2.00 bits per heavy atom. The quantitative estimate of drug-likeness (QED) is 0.631. The van der Waals surface area contributed by atoms with Crippen LogP contribution in [-0.4, -0.2) is 43.5 Å². The summed E-state index contributed by atoms with van der Waals surface area (Å²) in [5.74, 6) is 0.309. The standard InChI is InChI=1S/C12H23NO2/c1-11(14)5-3-4-8-13(2)12-6-9-15-10-7-12/h12H,3-10H2,1-2H3. The zero-order chi connectivity index (χ0) is 11.1. The van der Waals surface area contributed by atoms with Gasteiger partial charge in [0.2, 0.25) is 0 Å². The average molecular weight is 213 g/mol. The highest BCUT2D eigenvalue weighted by atomic mass is 16.5.